The van der Waals surface area contributed by atoms with Crippen LogP contribution in [0, 0.1) is 6.92 Å². The topological polar surface area (TPSA) is 42.0 Å². The van der Waals surface area contributed by atoms with Gasteiger partial charge in [-0.25, -0.2) is 0 Å². The summed E-state index contributed by atoms with van der Waals surface area (Å²) in [6.07, 6.45) is 2.47. The Hall–Kier alpha value is -2.16. The fraction of sp³-hybridized carbons (Fsp3) is 0.0769. The summed E-state index contributed by atoms with van der Waals surface area (Å²) in [6, 6.07) is 11.7. The molecule has 2 rings (SSSR count). The van der Waals surface area contributed by atoms with E-state index in [9.17, 15) is 4.79 Å². The van der Waals surface area contributed by atoms with Crippen LogP contribution in [0.3, 0.4) is 0 Å². The van der Waals surface area contributed by atoms with E-state index in [2.05, 4.69) is 10.3 Å². The van der Waals surface area contributed by atoms with Crippen molar-refractivity contribution in [1.82, 2.24) is 4.98 Å². The molecule has 1 N–H and O–H groups in total. The molecule has 2 aromatic rings. The largest absolute Gasteiger partial charge is 0.329 e. The predicted molar refractivity (Wildman–Crippen MR) is 64.1 cm³/mol. The number of pyridine rings is 1. The van der Waals surface area contributed by atoms with Gasteiger partial charge in [0.2, 0.25) is 6.41 Å². The Morgan fingerprint density at radius 1 is 1.12 bits per heavy atom. The molecule has 0 unspecified atom stereocenters. The van der Waals surface area contributed by atoms with E-state index in [0.717, 1.165) is 22.5 Å². The summed E-state index contributed by atoms with van der Waals surface area (Å²) in [7, 11) is 0. The van der Waals surface area contributed by atoms with E-state index in [0.29, 0.717) is 6.41 Å². The highest BCUT2D eigenvalue weighted by molar-refractivity contribution is 5.73. The second-order valence-electron chi connectivity index (χ2n) is 3.53. The maximum Gasteiger partial charge on any atom is 0.211 e. The van der Waals surface area contributed by atoms with Crippen LogP contribution in [0.25, 0.3) is 11.1 Å². The monoisotopic (exact) mass is 212 g/mol. The van der Waals surface area contributed by atoms with Crippen LogP contribution in [0.4, 0.5) is 5.69 Å². The average Bonchev–Trinajstić information content (AvgIpc) is 2.30. The molecule has 16 heavy (non-hydrogen) atoms. The lowest BCUT2D eigenvalue weighted by Crippen LogP contribution is -1.92. The lowest BCUT2D eigenvalue weighted by atomic mass is 10.1. The maximum atomic E-state index is 10.3. The summed E-state index contributed by atoms with van der Waals surface area (Å²) in [5.41, 5.74) is 4.03. The molecule has 0 spiro atoms. The van der Waals surface area contributed by atoms with Gasteiger partial charge in [0.05, 0.1) is 0 Å². The molecule has 1 aromatic heterocycles. The molecular weight excluding hydrogens is 200 g/mol. The molecule has 3 nitrogen and oxygen atoms in total. The minimum atomic E-state index is 0.672. The highest BCUT2D eigenvalue weighted by atomic mass is 16.1. The number of nitrogens with one attached hydrogen (secondary N) is 1. The summed E-state index contributed by atoms with van der Waals surface area (Å²) in [5.74, 6) is 0. The van der Waals surface area contributed by atoms with Crippen molar-refractivity contribution in [3.8, 4) is 11.1 Å². The first-order valence-electron chi connectivity index (χ1n) is 5.03. The second-order valence-corrected chi connectivity index (χ2v) is 3.53. The fourth-order valence-corrected chi connectivity index (χ4v) is 1.55. The average molecular weight is 212 g/mol. The smallest absolute Gasteiger partial charge is 0.211 e. The van der Waals surface area contributed by atoms with Gasteiger partial charge in [-0.05, 0) is 42.3 Å². The molecule has 80 valence electrons. The van der Waals surface area contributed by atoms with Gasteiger partial charge >= 0.3 is 0 Å². The molecule has 0 atom stereocenters. The van der Waals surface area contributed by atoms with Crippen molar-refractivity contribution in [3.05, 3.63) is 48.3 Å². The minimum absolute atomic E-state index is 0.672. The molecule has 0 aliphatic heterocycles. The zero-order valence-electron chi connectivity index (χ0n) is 8.97. The van der Waals surface area contributed by atoms with Crippen LogP contribution in [0.2, 0.25) is 0 Å². The van der Waals surface area contributed by atoms with E-state index in [1.807, 2.05) is 43.3 Å². The van der Waals surface area contributed by atoms with Crippen LogP contribution in [0.15, 0.2) is 42.6 Å². The normalized spacial score (nSPS) is 9.81. The molecule has 1 heterocycles. The van der Waals surface area contributed by atoms with Gasteiger partial charge in [0.25, 0.3) is 0 Å². The number of aromatic nitrogens is 1. The number of benzene rings is 1. The Kier molecular flexibility index (Phi) is 2.96. The number of aryl methyl sites for hydroxylation is 1. The molecule has 1 aromatic carbocycles. The van der Waals surface area contributed by atoms with Gasteiger partial charge in [0.15, 0.2) is 0 Å². The fourth-order valence-electron chi connectivity index (χ4n) is 1.55. The summed E-state index contributed by atoms with van der Waals surface area (Å²) in [4.78, 5) is 14.4. The molecule has 1 amide bonds. The van der Waals surface area contributed by atoms with Crippen molar-refractivity contribution in [2.24, 2.45) is 0 Å². The molecule has 0 fully saturated rings. The van der Waals surface area contributed by atoms with Crippen molar-refractivity contribution in [2.75, 3.05) is 5.32 Å². The van der Waals surface area contributed by atoms with Crippen molar-refractivity contribution < 1.29 is 4.79 Å². The lowest BCUT2D eigenvalue weighted by Gasteiger charge is -2.04. The Bertz CT molecular complexity index is 492. The molecule has 0 radical (unpaired) electrons. The second kappa shape index (κ2) is 4.57. The van der Waals surface area contributed by atoms with E-state index in [1.165, 1.54) is 0 Å². The number of amides is 1. The van der Waals surface area contributed by atoms with E-state index < -0.39 is 0 Å². The first-order chi connectivity index (χ1) is 7.79. The molecule has 0 aliphatic carbocycles. The summed E-state index contributed by atoms with van der Waals surface area (Å²) < 4.78 is 0. The lowest BCUT2D eigenvalue weighted by molar-refractivity contribution is -0.105. The molecule has 0 saturated heterocycles. The van der Waals surface area contributed by atoms with Crippen molar-refractivity contribution >= 4 is 12.1 Å². The number of rotatable bonds is 3. The summed E-state index contributed by atoms with van der Waals surface area (Å²) in [6.45, 7) is 1.96. The van der Waals surface area contributed by atoms with Gasteiger partial charge in [-0.15, -0.1) is 0 Å². The highest BCUT2D eigenvalue weighted by Crippen LogP contribution is 2.21. The number of hydrogen-bond acceptors (Lipinski definition) is 2. The Morgan fingerprint density at radius 3 is 2.50 bits per heavy atom. The molecule has 0 saturated carbocycles. The van der Waals surface area contributed by atoms with Gasteiger partial charge < -0.3 is 5.32 Å². The quantitative estimate of drug-likeness (QED) is 0.794. The van der Waals surface area contributed by atoms with Gasteiger partial charge in [-0.1, -0.05) is 12.1 Å². The zero-order chi connectivity index (χ0) is 11.4. The van der Waals surface area contributed by atoms with E-state index >= 15 is 0 Å². The van der Waals surface area contributed by atoms with Crippen LogP contribution in [-0.4, -0.2) is 11.4 Å². The third-order valence-electron chi connectivity index (χ3n) is 2.34. The van der Waals surface area contributed by atoms with Gasteiger partial charge in [0, 0.05) is 17.6 Å². The van der Waals surface area contributed by atoms with Gasteiger partial charge in [-0.2, -0.15) is 0 Å². The first-order valence-corrected chi connectivity index (χ1v) is 5.03. The van der Waals surface area contributed by atoms with Crippen LogP contribution in [0.5, 0.6) is 0 Å². The highest BCUT2D eigenvalue weighted by Gasteiger charge is 1.98. The minimum Gasteiger partial charge on any atom is -0.329 e. The summed E-state index contributed by atoms with van der Waals surface area (Å²) in [5, 5.41) is 2.60. The van der Waals surface area contributed by atoms with Crippen molar-refractivity contribution in [3.63, 3.8) is 0 Å². The van der Waals surface area contributed by atoms with Gasteiger partial charge in [0.1, 0.15) is 0 Å². The van der Waals surface area contributed by atoms with E-state index in [4.69, 9.17) is 0 Å². The molecule has 3 heteroatoms. The maximum absolute atomic E-state index is 10.3. The van der Waals surface area contributed by atoms with Crippen molar-refractivity contribution in [1.29, 1.82) is 0 Å². The molecular formula is C13H12N2O. The molecule has 0 aliphatic rings. The van der Waals surface area contributed by atoms with Crippen LogP contribution >= 0.6 is 0 Å². The van der Waals surface area contributed by atoms with E-state index in [1.54, 1.807) is 6.20 Å². The Morgan fingerprint density at radius 2 is 1.88 bits per heavy atom. The number of carbonyl (C=O) groups excluding carboxylic acids is 1. The van der Waals surface area contributed by atoms with Crippen LogP contribution in [0.1, 0.15) is 5.69 Å². The first kappa shape index (κ1) is 10.4. The third-order valence-corrected chi connectivity index (χ3v) is 2.34. The molecule has 0 bridgehead atoms. The number of carbonyl (C=O) groups is 1. The number of nitrogens with zero attached hydrogens (tertiary/aromatic N) is 1. The summed E-state index contributed by atoms with van der Waals surface area (Å²) >= 11 is 0. The van der Waals surface area contributed by atoms with E-state index in [-0.39, 0.29) is 0 Å². The van der Waals surface area contributed by atoms with Crippen LogP contribution < -0.4 is 5.32 Å². The van der Waals surface area contributed by atoms with Gasteiger partial charge in [-0.3, -0.25) is 9.78 Å². The standard InChI is InChI=1S/C13H12N2O/c1-10-8-12(6-7-14-10)11-2-4-13(5-3-11)15-9-16/h2-9H,1H3,(H,15,16). The Balaban J connectivity index is 2.31. The Labute approximate surface area is 94.1 Å². The SMILES string of the molecule is Cc1cc(-c2ccc(NC=O)cc2)ccn1. The third kappa shape index (κ3) is 2.25. The number of anilines is 1. The van der Waals surface area contributed by atoms with Crippen molar-refractivity contribution in [2.45, 2.75) is 6.92 Å². The zero-order valence-corrected chi connectivity index (χ0v) is 8.97. The number of hydrogen-bond donors (Lipinski definition) is 1. The predicted octanol–water partition coefficient (Wildman–Crippen LogP) is 2.63. The van der Waals surface area contributed by atoms with Crippen LogP contribution in [-0.2, 0) is 4.79 Å².